The quantitative estimate of drug-likeness (QED) is 0.855. The van der Waals surface area contributed by atoms with Gasteiger partial charge in [-0.2, -0.15) is 0 Å². The Labute approximate surface area is 121 Å². The summed E-state index contributed by atoms with van der Waals surface area (Å²) in [6.07, 6.45) is 5.01. The first-order valence-electron chi connectivity index (χ1n) is 7.71. The van der Waals surface area contributed by atoms with Crippen LogP contribution < -0.4 is 5.73 Å². The van der Waals surface area contributed by atoms with Crippen molar-refractivity contribution in [2.24, 2.45) is 0 Å². The van der Waals surface area contributed by atoms with Crippen LogP contribution in [0.4, 0.5) is 5.82 Å². The maximum Gasteiger partial charge on any atom is 0.134 e. The first-order valence-corrected chi connectivity index (χ1v) is 7.71. The summed E-state index contributed by atoms with van der Waals surface area (Å²) in [7, 11) is 2.26. The van der Waals surface area contributed by atoms with Crippen molar-refractivity contribution in [2.75, 3.05) is 12.8 Å². The molecule has 0 aliphatic carbocycles. The van der Waals surface area contributed by atoms with E-state index < -0.39 is 0 Å². The lowest BCUT2D eigenvalue weighted by Gasteiger charge is -2.36. The Balaban J connectivity index is 1.89. The number of aromatic nitrogens is 2. The molecular formula is C16H26N4. The molecule has 2 saturated heterocycles. The largest absolute Gasteiger partial charge is 0.384 e. The van der Waals surface area contributed by atoms with Crippen LogP contribution in [0.2, 0.25) is 0 Å². The lowest BCUT2D eigenvalue weighted by atomic mass is 9.88. The van der Waals surface area contributed by atoms with Gasteiger partial charge < -0.3 is 10.6 Å². The Kier molecular flexibility index (Phi) is 3.24. The van der Waals surface area contributed by atoms with E-state index in [1.54, 1.807) is 0 Å². The van der Waals surface area contributed by atoms with Crippen molar-refractivity contribution in [3.63, 3.8) is 0 Å². The van der Waals surface area contributed by atoms with Crippen molar-refractivity contribution < 1.29 is 0 Å². The molecule has 3 heterocycles. The topological polar surface area (TPSA) is 55.0 Å². The fourth-order valence-electron chi connectivity index (χ4n) is 3.67. The molecule has 0 saturated carbocycles. The highest BCUT2D eigenvalue weighted by atomic mass is 15.2. The van der Waals surface area contributed by atoms with Crippen LogP contribution in [-0.2, 0) is 5.41 Å². The summed E-state index contributed by atoms with van der Waals surface area (Å²) in [5, 5.41) is 0. The zero-order valence-electron chi connectivity index (χ0n) is 13.1. The van der Waals surface area contributed by atoms with Gasteiger partial charge in [-0.1, -0.05) is 20.8 Å². The van der Waals surface area contributed by atoms with E-state index in [1.165, 1.54) is 25.7 Å². The van der Waals surface area contributed by atoms with E-state index in [0.717, 1.165) is 11.5 Å². The minimum absolute atomic E-state index is 0.0241. The summed E-state index contributed by atoms with van der Waals surface area (Å²) in [6, 6.07) is 3.34. The lowest BCUT2D eigenvalue weighted by Crippen LogP contribution is -2.39. The van der Waals surface area contributed by atoms with Crippen LogP contribution in [0.3, 0.4) is 0 Å². The summed E-state index contributed by atoms with van der Waals surface area (Å²) in [5.74, 6) is 2.07. The molecule has 4 heteroatoms. The van der Waals surface area contributed by atoms with Crippen LogP contribution in [0, 0.1) is 0 Å². The summed E-state index contributed by atoms with van der Waals surface area (Å²) in [4.78, 5) is 11.9. The third-order valence-electron chi connectivity index (χ3n) is 5.00. The normalized spacial score (nSPS) is 30.7. The highest BCUT2D eigenvalue weighted by molar-refractivity contribution is 5.33. The molecule has 110 valence electrons. The number of hydrogen-bond donors (Lipinski definition) is 1. The lowest BCUT2D eigenvalue weighted by molar-refractivity contribution is 0.158. The number of nitrogens with zero attached hydrogens (tertiary/aromatic N) is 3. The molecule has 2 unspecified atom stereocenters. The minimum Gasteiger partial charge on any atom is -0.384 e. The van der Waals surface area contributed by atoms with E-state index in [1.807, 2.05) is 6.07 Å². The average molecular weight is 274 g/mol. The molecule has 0 aromatic carbocycles. The van der Waals surface area contributed by atoms with Crippen molar-refractivity contribution in [3.8, 4) is 0 Å². The van der Waals surface area contributed by atoms with E-state index in [0.29, 0.717) is 23.8 Å². The maximum atomic E-state index is 6.01. The predicted molar refractivity (Wildman–Crippen MR) is 81.7 cm³/mol. The predicted octanol–water partition coefficient (Wildman–Crippen LogP) is 2.70. The van der Waals surface area contributed by atoms with Crippen LogP contribution in [-0.4, -0.2) is 34.0 Å². The van der Waals surface area contributed by atoms with Gasteiger partial charge in [-0.05, 0) is 32.7 Å². The molecule has 3 rings (SSSR count). The van der Waals surface area contributed by atoms with Crippen LogP contribution in [0.15, 0.2) is 6.07 Å². The molecule has 4 nitrogen and oxygen atoms in total. The van der Waals surface area contributed by atoms with Crippen molar-refractivity contribution in [2.45, 2.75) is 69.9 Å². The van der Waals surface area contributed by atoms with Gasteiger partial charge in [0, 0.05) is 29.5 Å². The second-order valence-electron chi connectivity index (χ2n) is 7.51. The Hall–Kier alpha value is -1.16. The highest BCUT2D eigenvalue weighted by Crippen LogP contribution is 2.41. The Morgan fingerprint density at radius 1 is 1.15 bits per heavy atom. The molecule has 1 aromatic heterocycles. The molecule has 2 aliphatic rings. The third-order valence-corrected chi connectivity index (χ3v) is 5.00. The van der Waals surface area contributed by atoms with Gasteiger partial charge in [-0.15, -0.1) is 0 Å². The van der Waals surface area contributed by atoms with Crippen molar-refractivity contribution in [3.05, 3.63) is 17.6 Å². The smallest absolute Gasteiger partial charge is 0.134 e. The Morgan fingerprint density at radius 3 is 2.30 bits per heavy atom. The van der Waals surface area contributed by atoms with Gasteiger partial charge in [0.1, 0.15) is 11.6 Å². The van der Waals surface area contributed by atoms with Gasteiger partial charge in [0.15, 0.2) is 0 Å². The zero-order chi connectivity index (χ0) is 14.5. The molecule has 2 bridgehead atoms. The van der Waals surface area contributed by atoms with Crippen LogP contribution in [0.5, 0.6) is 0 Å². The first-order chi connectivity index (χ1) is 9.34. The van der Waals surface area contributed by atoms with Gasteiger partial charge >= 0.3 is 0 Å². The maximum absolute atomic E-state index is 6.01. The summed E-state index contributed by atoms with van der Waals surface area (Å²) >= 11 is 0. The van der Waals surface area contributed by atoms with Crippen molar-refractivity contribution in [1.29, 1.82) is 0 Å². The minimum atomic E-state index is 0.0241. The van der Waals surface area contributed by atoms with Crippen molar-refractivity contribution >= 4 is 5.82 Å². The first kappa shape index (κ1) is 13.8. The van der Waals surface area contributed by atoms with Crippen molar-refractivity contribution in [1.82, 2.24) is 14.9 Å². The number of anilines is 1. The van der Waals surface area contributed by atoms with E-state index in [-0.39, 0.29) is 5.41 Å². The summed E-state index contributed by atoms with van der Waals surface area (Å²) in [5.41, 5.74) is 7.10. The van der Waals surface area contributed by atoms with E-state index in [9.17, 15) is 0 Å². The summed E-state index contributed by atoms with van der Waals surface area (Å²) < 4.78 is 0. The Morgan fingerprint density at radius 2 is 1.75 bits per heavy atom. The molecular weight excluding hydrogens is 248 g/mol. The third kappa shape index (κ3) is 2.41. The summed E-state index contributed by atoms with van der Waals surface area (Å²) in [6.45, 7) is 6.53. The number of rotatable bonds is 1. The number of nitrogen functional groups attached to an aromatic ring is 1. The second-order valence-corrected chi connectivity index (χ2v) is 7.51. The van der Waals surface area contributed by atoms with E-state index >= 15 is 0 Å². The molecule has 20 heavy (non-hydrogen) atoms. The van der Waals surface area contributed by atoms with Gasteiger partial charge in [0.25, 0.3) is 0 Å². The fourth-order valence-corrected chi connectivity index (χ4v) is 3.67. The van der Waals surface area contributed by atoms with Gasteiger partial charge in [0.2, 0.25) is 0 Å². The second kappa shape index (κ2) is 4.69. The number of piperidine rings is 1. The molecule has 2 atom stereocenters. The molecule has 0 spiro atoms. The molecule has 0 radical (unpaired) electrons. The molecule has 0 amide bonds. The average Bonchev–Trinajstić information content (AvgIpc) is 2.60. The van der Waals surface area contributed by atoms with Crippen LogP contribution >= 0.6 is 0 Å². The van der Waals surface area contributed by atoms with Gasteiger partial charge in [0.05, 0.1) is 5.69 Å². The van der Waals surface area contributed by atoms with Crippen LogP contribution in [0.25, 0.3) is 0 Å². The number of fused-ring (bicyclic) bond motifs is 2. The zero-order valence-corrected chi connectivity index (χ0v) is 13.1. The number of nitrogens with two attached hydrogens (primary N) is 1. The molecule has 2 aliphatic heterocycles. The SMILES string of the molecule is CN1C2CCC1CC(c1nc(N)cc(C(C)(C)C)n1)C2. The van der Waals surface area contributed by atoms with E-state index in [4.69, 9.17) is 10.7 Å². The van der Waals surface area contributed by atoms with E-state index in [2.05, 4.69) is 37.7 Å². The molecule has 2 fully saturated rings. The van der Waals surface area contributed by atoms with Gasteiger partial charge in [-0.3, -0.25) is 0 Å². The monoisotopic (exact) mass is 274 g/mol. The van der Waals surface area contributed by atoms with Crippen LogP contribution in [0.1, 0.15) is 63.9 Å². The fraction of sp³-hybridized carbons (Fsp3) is 0.750. The Bertz CT molecular complexity index is 492. The molecule has 2 N–H and O–H groups in total. The highest BCUT2D eigenvalue weighted by Gasteiger charge is 2.40. The molecule has 1 aromatic rings. The number of hydrogen-bond acceptors (Lipinski definition) is 4. The van der Waals surface area contributed by atoms with Gasteiger partial charge in [-0.25, -0.2) is 9.97 Å². The standard InChI is InChI=1S/C16H26N4/c1-16(2,3)13-9-14(17)19-15(18-13)10-7-11-5-6-12(8-10)20(11)4/h9-12H,5-8H2,1-4H3,(H2,17,18,19).